The average Bonchev–Trinajstić information content (AvgIpc) is 2.31. The zero-order valence-electron chi connectivity index (χ0n) is 9.20. The lowest BCUT2D eigenvalue weighted by molar-refractivity contribution is -0.662. The molecule has 0 bridgehead atoms. The third-order valence-corrected chi connectivity index (χ3v) is 2.90. The molecule has 1 aromatic rings. The first-order valence-electron chi connectivity index (χ1n) is 5.61. The predicted molar refractivity (Wildman–Crippen MR) is 61.3 cm³/mol. The molecule has 1 heterocycles. The number of anilines is 1. The van der Waals surface area contributed by atoms with E-state index in [1.807, 2.05) is 12.1 Å². The quantitative estimate of drug-likeness (QED) is 0.770. The molecule has 0 atom stereocenters. The summed E-state index contributed by atoms with van der Waals surface area (Å²) in [6, 6.07) is 8.80. The van der Waals surface area contributed by atoms with Gasteiger partial charge in [-0.3, -0.25) is 0 Å². The van der Waals surface area contributed by atoms with E-state index in [2.05, 4.69) is 22.8 Å². The number of quaternary nitrogens is 1. The molecule has 0 unspecified atom stereocenters. The number of nitrogens with two attached hydrogens (primary N) is 1. The van der Waals surface area contributed by atoms with Crippen molar-refractivity contribution in [2.45, 2.75) is 18.9 Å². The summed E-state index contributed by atoms with van der Waals surface area (Å²) in [6.07, 6.45) is 2.51. The lowest BCUT2D eigenvalue weighted by Crippen LogP contribution is -2.87. The minimum Gasteiger partial charge on any atom is -0.497 e. The Labute approximate surface area is 90.8 Å². The molecule has 1 aliphatic rings. The molecule has 0 aliphatic carbocycles. The maximum atomic E-state index is 5.13. The van der Waals surface area contributed by atoms with Gasteiger partial charge in [-0.2, -0.15) is 0 Å². The van der Waals surface area contributed by atoms with E-state index in [1.54, 1.807) is 7.11 Å². The van der Waals surface area contributed by atoms with Crippen LogP contribution in [0.2, 0.25) is 0 Å². The van der Waals surface area contributed by atoms with Crippen molar-refractivity contribution in [2.75, 3.05) is 25.5 Å². The molecule has 15 heavy (non-hydrogen) atoms. The number of rotatable bonds is 3. The Morgan fingerprint density at radius 1 is 1.20 bits per heavy atom. The largest absolute Gasteiger partial charge is 0.497 e. The Morgan fingerprint density at radius 2 is 1.87 bits per heavy atom. The van der Waals surface area contributed by atoms with Gasteiger partial charge in [-0.25, -0.2) is 0 Å². The molecule has 1 fully saturated rings. The van der Waals surface area contributed by atoms with Crippen LogP contribution >= 0.6 is 0 Å². The first-order valence-corrected chi connectivity index (χ1v) is 5.61. The Hall–Kier alpha value is -1.22. The maximum absolute atomic E-state index is 5.13. The SMILES string of the molecule is COc1ccc(NC2CC[NH2+]CC2)cc1. The Balaban J connectivity index is 1.91. The van der Waals surface area contributed by atoms with E-state index in [-0.39, 0.29) is 0 Å². The molecule has 3 heteroatoms. The molecule has 1 aromatic carbocycles. The van der Waals surface area contributed by atoms with Crippen LogP contribution < -0.4 is 15.4 Å². The zero-order valence-corrected chi connectivity index (χ0v) is 9.20. The summed E-state index contributed by atoms with van der Waals surface area (Å²) in [7, 11) is 1.69. The summed E-state index contributed by atoms with van der Waals surface area (Å²) < 4.78 is 5.13. The van der Waals surface area contributed by atoms with Crippen LogP contribution in [0.3, 0.4) is 0 Å². The summed E-state index contributed by atoms with van der Waals surface area (Å²) in [5.41, 5.74) is 1.20. The van der Waals surface area contributed by atoms with E-state index in [9.17, 15) is 0 Å². The maximum Gasteiger partial charge on any atom is 0.119 e. The highest BCUT2D eigenvalue weighted by Gasteiger charge is 2.14. The molecular weight excluding hydrogens is 188 g/mol. The monoisotopic (exact) mass is 207 g/mol. The van der Waals surface area contributed by atoms with Gasteiger partial charge in [0.25, 0.3) is 0 Å². The van der Waals surface area contributed by atoms with E-state index in [0.717, 1.165) is 5.75 Å². The van der Waals surface area contributed by atoms with Gasteiger partial charge in [-0.1, -0.05) is 0 Å². The van der Waals surface area contributed by atoms with Crippen molar-refractivity contribution in [3.8, 4) is 5.75 Å². The van der Waals surface area contributed by atoms with Crippen LogP contribution in [0, 0.1) is 0 Å². The van der Waals surface area contributed by atoms with Gasteiger partial charge in [0.05, 0.1) is 20.2 Å². The molecule has 0 saturated carbocycles. The molecule has 3 N–H and O–H groups in total. The fourth-order valence-corrected chi connectivity index (χ4v) is 1.99. The molecule has 1 aliphatic heterocycles. The highest BCUT2D eigenvalue weighted by atomic mass is 16.5. The summed E-state index contributed by atoms with van der Waals surface area (Å²) in [5.74, 6) is 0.914. The van der Waals surface area contributed by atoms with Gasteiger partial charge in [-0.15, -0.1) is 0 Å². The van der Waals surface area contributed by atoms with Gasteiger partial charge >= 0.3 is 0 Å². The minimum absolute atomic E-state index is 0.642. The molecule has 3 nitrogen and oxygen atoms in total. The zero-order chi connectivity index (χ0) is 10.5. The molecule has 82 valence electrons. The minimum atomic E-state index is 0.642. The summed E-state index contributed by atoms with van der Waals surface area (Å²) in [5, 5.41) is 5.94. The second-order valence-electron chi connectivity index (χ2n) is 4.01. The number of methoxy groups -OCH3 is 1. The van der Waals surface area contributed by atoms with Crippen molar-refractivity contribution in [3.05, 3.63) is 24.3 Å². The molecule has 0 radical (unpaired) electrons. The van der Waals surface area contributed by atoms with Crippen LogP contribution in [0.15, 0.2) is 24.3 Å². The van der Waals surface area contributed by atoms with Gasteiger partial charge in [0.15, 0.2) is 0 Å². The average molecular weight is 207 g/mol. The highest BCUT2D eigenvalue weighted by Crippen LogP contribution is 2.17. The molecular formula is C12H19N2O+. The third-order valence-electron chi connectivity index (χ3n) is 2.90. The number of ether oxygens (including phenoxy) is 1. The first kappa shape index (κ1) is 10.3. The van der Waals surface area contributed by atoms with Crippen molar-refractivity contribution in [2.24, 2.45) is 0 Å². The Bertz CT molecular complexity index is 291. The normalized spacial score (nSPS) is 17.4. The van der Waals surface area contributed by atoms with Crippen molar-refractivity contribution in [1.29, 1.82) is 0 Å². The molecule has 2 rings (SSSR count). The van der Waals surface area contributed by atoms with Crippen LogP contribution in [0.4, 0.5) is 5.69 Å². The fourth-order valence-electron chi connectivity index (χ4n) is 1.99. The lowest BCUT2D eigenvalue weighted by atomic mass is 10.1. The standard InChI is InChI=1S/C12H18N2O/c1-15-12-4-2-10(3-5-12)14-11-6-8-13-9-7-11/h2-5,11,13-14H,6-9H2,1H3/p+1. The fraction of sp³-hybridized carbons (Fsp3) is 0.500. The number of hydrogen-bond donors (Lipinski definition) is 2. The van der Waals surface area contributed by atoms with E-state index >= 15 is 0 Å². The first-order chi connectivity index (χ1) is 7.38. The van der Waals surface area contributed by atoms with E-state index < -0.39 is 0 Å². The van der Waals surface area contributed by atoms with Crippen LogP contribution in [0.25, 0.3) is 0 Å². The number of benzene rings is 1. The van der Waals surface area contributed by atoms with Crippen LogP contribution in [-0.2, 0) is 0 Å². The van der Waals surface area contributed by atoms with Crippen molar-refractivity contribution >= 4 is 5.69 Å². The van der Waals surface area contributed by atoms with Crippen LogP contribution in [-0.4, -0.2) is 26.2 Å². The number of piperidine rings is 1. The lowest BCUT2D eigenvalue weighted by Gasteiger charge is -2.22. The third kappa shape index (κ3) is 2.86. The molecule has 0 aromatic heterocycles. The Kier molecular flexibility index (Phi) is 3.45. The number of nitrogens with one attached hydrogen (secondary N) is 1. The summed E-state index contributed by atoms with van der Waals surface area (Å²) in [4.78, 5) is 0. The predicted octanol–water partition coefficient (Wildman–Crippen LogP) is 0.833. The van der Waals surface area contributed by atoms with Crippen molar-refractivity contribution in [1.82, 2.24) is 0 Å². The highest BCUT2D eigenvalue weighted by molar-refractivity contribution is 5.47. The smallest absolute Gasteiger partial charge is 0.119 e. The molecule has 1 saturated heterocycles. The second-order valence-corrected chi connectivity index (χ2v) is 4.01. The topological polar surface area (TPSA) is 37.9 Å². The molecule has 0 amide bonds. The van der Waals surface area contributed by atoms with Gasteiger partial charge in [-0.05, 0) is 24.3 Å². The van der Waals surface area contributed by atoms with Gasteiger partial charge in [0.2, 0.25) is 0 Å². The van der Waals surface area contributed by atoms with Crippen molar-refractivity contribution in [3.63, 3.8) is 0 Å². The van der Waals surface area contributed by atoms with Gasteiger partial charge in [0, 0.05) is 24.6 Å². The van der Waals surface area contributed by atoms with E-state index in [1.165, 1.54) is 31.6 Å². The number of hydrogen-bond acceptors (Lipinski definition) is 2. The summed E-state index contributed by atoms with van der Waals surface area (Å²) >= 11 is 0. The summed E-state index contributed by atoms with van der Waals surface area (Å²) in [6.45, 7) is 2.49. The van der Waals surface area contributed by atoms with Crippen molar-refractivity contribution < 1.29 is 10.1 Å². The van der Waals surface area contributed by atoms with E-state index in [4.69, 9.17) is 4.74 Å². The van der Waals surface area contributed by atoms with Crippen LogP contribution in [0.5, 0.6) is 5.75 Å². The van der Waals surface area contributed by atoms with Crippen LogP contribution in [0.1, 0.15) is 12.8 Å². The molecule has 0 spiro atoms. The Morgan fingerprint density at radius 3 is 2.47 bits per heavy atom. The van der Waals surface area contributed by atoms with Gasteiger partial charge in [0.1, 0.15) is 5.75 Å². The van der Waals surface area contributed by atoms with Gasteiger partial charge < -0.3 is 15.4 Å². The second kappa shape index (κ2) is 5.03. The van der Waals surface area contributed by atoms with E-state index in [0.29, 0.717) is 6.04 Å².